The van der Waals surface area contributed by atoms with Gasteiger partial charge in [-0.1, -0.05) is 18.2 Å². The molecule has 19 heavy (non-hydrogen) atoms. The lowest BCUT2D eigenvalue weighted by molar-refractivity contribution is 0.239. The zero-order valence-electron chi connectivity index (χ0n) is 11.9. The SMILES string of the molecule is CNC(c1ccc(C)s1)c1ccccc1OC(C)C. The van der Waals surface area contributed by atoms with E-state index in [1.54, 1.807) is 0 Å². The summed E-state index contributed by atoms with van der Waals surface area (Å²) in [6.45, 7) is 6.25. The number of hydrogen-bond acceptors (Lipinski definition) is 3. The lowest BCUT2D eigenvalue weighted by atomic mass is 10.0. The molecule has 2 rings (SSSR count). The largest absolute Gasteiger partial charge is 0.491 e. The Morgan fingerprint density at radius 3 is 2.42 bits per heavy atom. The Labute approximate surface area is 119 Å². The van der Waals surface area contributed by atoms with Crippen LogP contribution in [-0.4, -0.2) is 13.2 Å². The minimum Gasteiger partial charge on any atom is -0.491 e. The summed E-state index contributed by atoms with van der Waals surface area (Å²) in [6, 6.07) is 12.8. The Morgan fingerprint density at radius 1 is 1.11 bits per heavy atom. The normalized spacial score (nSPS) is 12.7. The number of rotatable bonds is 5. The van der Waals surface area contributed by atoms with Crippen LogP contribution in [0.5, 0.6) is 5.75 Å². The number of aryl methyl sites for hydroxylation is 1. The number of hydrogen-bond donors (Lipinski definition) is 1. The molecule has 0 fully saturated rings. The minimum atomic E-state index is 0.184. The molecule has 0 radical (unpaired) electrons. The second-order valence-electron chi connectivity index (χ2n) is 4.87. The lowest BCUT2D eigenvalue weighted by Crippen LogP contribution is -2.18. The Kier molecular flexibility index (Phi) is 4.61. The summed E-state index contributed by atoms with van der Waals surface area (Å²) >= 11 is 1.82. The van der Waals surface area contributed by atoms with Crippen molar-refractivity contribution < 1.29 is 4.74 Å². The third-order valence-corrected chi connectivity index (χ3v) is 3.99. The standard InChI is InChI=1S/C16H21NOS/c1-11(2)18-14-8-6-5-7-13(14)16(17-4)15-10-9-12(3)19-15/h5-11,16-17H,1-4H3. The van der Waals surface area contributed by atoms with Gasteiger partial charge in [0, 0.05) is 15.3 Å². The summed E-state index contributed by atoms with van der Waals surface area (Å²) in [6.07, 6.45) is 0.184. The smallest absolute Gasteiger partial charge is 0.124 e. The van der Waals surface area contributed by atoms with Gasteiger partial charge in [0.05, 0.1) is 12.1 Å². The van der Waals surface area contributed by atoms with E-state index in [2.05, 4.69) is 50.4 Å². The van der Waals surface area contributed by atoms with Crippen molar-refractivity contribution in [1.82, 2.24) is 5.32 Å². The quantitative estimate of drug-likeness (QED) is 0.885. The first-order valence-electron chi connectivity index (χ1n) is 6.61. The summed E-state index contributed by atoms with van der Waals surface area (Å²) < 4.78 is 5.92. The molecule has 0 aliphatic rings. The predicted molar refractivity (Wildman–Crippen MR) is 82.2 cm³/mol. The molecule has 3 heteroatoms. The Hall–Kier alpha value is -1.32. The molecule has 1 unspecified atom stereocenters. The van der Waals surface area contributed by atoms with Gasteiger partial charge < -0.3 is 10.1 Å². The summed E-state index contributed by atoms with van der Waals surface area (Å²) in [4.78, 5) is 2.65. The van der Waals surface area contributed by atoms with Gasteiger partial charge in [0.15, 0.2) is 0 Å². The van der Waals surface area contributed by atoms with Crippen molar-refractivity contribution in [3.8, 4) is 5.75 Å². The first-order chi connectivity index (χ1) is 9.11. The van der Waals surface area contributed by atoms with E-state index in [-0.39, 0.29) is 12.1 Å². The van der Waals surface area contributed by atoms with E-state index in [0.29, 0.717) is 0 Å². The molecule has 1 heterocycles. The first-order valence-corrected chi connectivity index (χ1v) is 7.42. The number of benzene rings is 1. The molecule has 102 valence electrons. The predicted octanol–water partition coefficient (Wildman–Crippen LogP) is 4.15. The number of para-hydroxylation sites is 1. The molecule has 0 amide bonds. The van der Waals surface area contributed by atoms with Crippen LogP contribution in [0.25, 0.3) is 0 Å². The van der Waals surface area contributed by atoms with Gasteiger partial charge in [-0.25, -0.2) is 0 Å². The van der Waals surface area contributed by atoms with Crippen LogP contribution in [0.3, 0.4) is 0 Å². The molecule has 1 aromatic carbocycles. The van der Waals surface area contributed by atoms with Gasteiger partial charge in [-0.2, -0.15) is 0 Å². The number of ether oxygens (including phenoxy) is 1. The van der Waals surface area contributed by atoms with E-state index >= 15 is 0 Å². The van der Waals surface area contributed by atoms with E-state index in [9.17, 15) is 0 Å². The van der Waals surface area contributed by atoms with Gasteiger partial charge in [-0.05, 0) is 46.0 Å². The lowest BCUT2D eigenvalue weighted by Gasteiger charge is -2.20. The van der Waals surface area contributed by atoms with Crippen molar-refractivity contribution in [2.75, 3.05) is 7.05 Å². The maximum atomic E-state index is 5.92. The highest BCUT2D eigenvalue weighted by Gasteiger charge is 2.18. The van der Waals surface area contributed by atoms with E-state index in [1.807, 2.05) is 30.5 Å². The number of nitrogens with one attached hydrogen (secondary N) is 1. The van der Waals surface area contributed by atoms with Crippen LogP contribution in [0.4, 0.5) is 0 Å². The molecule has 1 aromatic heterocycles. The molecule has 2 aromatic rings. The van der Waals surface area contributed by atoms with Crippen molar-refractivity contribution in [1.29, 1.82) is 0 Å². The molecule has 0 aliphatic heterocycles. The molecule has 0 aliphatic carbocycles. The second kappa shape index (κ2) is 6.22. The zero-order valence-corrected chi connectivity index (χ0v) is 12.8. The van der Waals surface area contributed by atoms with Gasteiger partial charge in [0.25, 0.3) is 0 Å². The fraction of sp³-hybridized carbons (Fsp3) is 0.375. The molecule has 0 spiro atoms. The van der Waals surface area contributed by atoms with Crippen LogP contribution in [0.1, 0.15) is 35.2 Å². The summed E-state index contributed by atoms with van der Waals surface area (Å²) in [7, 11) is 1.99. The Morgan fingerprint density at radius 2 is 1.84 bits per heavy atom. The average molecular weight is 275 g/mol. The van der Waals surface area contributed by atoms with Gasteiger partial charge in [0.1, 0.15) is 5.75 Å². The van der Waals surface area contributed by atoms with Gasteiger partial charge in [-0.15, -0.1) is 11.3 Å². The van der Waals surface area contributed by atoms with Crippen molar-refractivity contribution in [3.05, 3.63) is 51.7 Å². The Balaban J connectivity index is 2.38. The van der Waals surface area contributed by atoms with Crippen LogP contribution in [0.15, 0.2) is 36.4 Å². The molecule has 1 atom stereocenters. The summed E-state index contributed by atoms with van der Waals surface area (Å²) in [5, 5.41) is 3.39. The van der Waals surface area contributed by atoms with Crippen LogP contribution in [-0.2, 0) is 0 Å². The Bertz CT molecular complexity index is 533. The van der Waals surface area contributed by atoms with Gasteiger partial charge in [-0.3, -0.25) is 0 Å². The van der Waals surface area contributed by atoms with Crippen LogP contribution < -0.4 is 10.1 Å². The molecular formula is C16H21NOS. The maximum absolute atomic E-state index is 5.92. The topological polar surface area (TPSA) is 21.3 Å². The maximum Gasteiger partial charge on any atom is 0.124 e. The minimum absolute atomic E-state index is 0.184. The van der Waals surface area contributed by atoms with Crippen molar-refractivity contribution in [2.24, 2.45) is 0 Å². The first kappa shape index (κ1) is 14.1. The third kappa shape index (κ3) is 3.37. The second-order valence-corrected chi connectivity index (χ2v) is 6.19. The van der Waals surface area contributed by atoms with E-state index in [0.717, 1.165) is 5.75 Å². The molecule has 2 nitrogen and oxygen atoms in total. The highest BCUT2D eigenvalue weighted by molar-refractivity contribution is 7.12. The van der Waals surface area contributed by atoms with E-state index in [4.69, 9.17) is 4.74 Å². The van der Waals surface area contributed by atoms with Crippen molar-refractivity contribution in [2.45, 2.75) is 32.9 Å². The van der Waals surface area contributed by atoms with Gasteiger partial charge >= 0.3 is 0 Å². The summed E-state index contributed by atoms with van der Waals surface area (Å²) in [5.74, 6) is 0.961. The average Bonchev–Trinajstić information content (AvgIpc) is 2.78. The fourth-order valence-corrected chi connectivity index (χ4v) is 3.15. The fourth-order valence-electron chi connectivity index (χ4n) is 2.14. The monoisotopic (exact) mass is 275 g/mol. The van der Waals surface area contributed by atoms with E-state index in [1.165, 1.54) is 15.3 Å². The van der Waals surface area contributed by atoms with Crippen LogP contribution >= 0.6 is 11.3 Å². The van der Waals surface area contributed by atoms with Crippen LogP contribution in [0.2, 0.25) is 0 Å². The van der Waals surface area contributed by atoms with Crippen molar-refractivity contribution >= 4 is 11.3 Å². The zero-order chi connectivity index (χ0) is 13.8. The van der Waals surface area contributed by atoms with Gasteiger partial charge in [0.2, 0.25) is 0 Å². The highest BCUT2D eigenvalue weighted by atomic mass is 32.1. The molecule has 0 bridgehead atoms. The van der Waals surface area contributed by atoms with Crippen molar-refractivity contribution in [3.63, 3.8) is 0 Å². The van der Waals surface area contributed by atoms with E-state index < -0.39 is 0 Å². The molecular weight excluding hydrogens is 254 g/mol. The summed E-state index contributed by atoms with van der Waals surface area (Å²) in [5.41, 5.74) is 1.19. The highest BCUT2D eigenvalue weighted by Crippen LogP contribution is 2.33. The molecule has 0 saturated heterocycles. The van der Waals surface area contributed by atoms with Crippen LogP contribution in [0, 0.1) is 6.92 Å². The third-order valence-electron chi connectivity index (χ3n) is 2.93. The molecule has 0 saturated carbocycles. The molecule has 1 N–H and O–H groups in total. The number of thiophene rings is 1.